The van der Waals surface area contributed by atoms with Crippen LogP contribution in [-0.4, -0.2) is 31.1 Å². The minimum atomic E-state index is -1.00. The number of ketones is 2. The summed E-state index contributed by atoms with van der Waals surface area (Å²) in [5, 5.41) is 1.79. The van der Waals surface area contributed by atoms with Gasteiger partial charge in [0.25, 0.3) is 0 Å². The van der Waals surface area contributed by atoms with Crippen molar-refractivity contribution in [2.24, 2.45) is 5.92 Å². The van der Waals surface area contributed by atoms with Crippen molar-refractivity contribution in [2.75, 3.05) is 0 Å². The van der Waals surface area contributed by atoms with E-state index in [1.54, 1.807) is 18.6 Å². The summed E-state index contributed by atoms with van der Waals surface area (Å²) in [4.78, 5) is 39.3. The SMILES string of the molecule is CC1C=c2c(ccc3c2=CC(=O)c2ccccc2-3)C(C)(n2cnc3cncnc32)C1=O. The fourth-order valence-electron chi connectivity index (χ4n) is 5.02. The van der Waals surface area contributed by atoms with Crippen LogP contribution in [0.5, 0.6) is 0 Å². The van der Waals surface area contributed by atoms with Crippen molar-refractivity contribution in [2.45, 2.75) is 19.4 Å². The minimum Gasteiger partial charge on any atom is -0.298 e. The van der Waals surface area contributed by atoms with E-state index in [1.807, 2.05) is 60.9 Å². The largest absolute Gasteiger partial charge is 0.298 e. The molecule has 2 atom stereocenters. The van der Waals surface area contributed by atoms with Crippen LogP contribution >= 0.6 is 0 Å². The van der Waals surface area contributed by atoms with E-state index >= 15 is 0 Å². The van der Waals surface area contributed by atoms with Gasteiger partial charge in [0.1, 0.15) is 17.4 Å². The topological polar surface area (TPSA) is 77.7 Å². The fraction of sp³-hybridized carbons (Fsp3) is 0.160. The van der Waals surface area contributed by atoms with E-state index in [2.05, 4.69) is 15.0 Å². The highest BCUT2D eigenvalue weighted by molar-refractivity contribution is 6.22. The van der Waals surface area contributed by atoms with Gasteiger partial charge in [-0.05, 0) is 40.1 Å². The normalized spacial score (nSPS) is 21.7. The Bertz CT molecular complexity index is 1570. The van der Waals surface area contributed by atoms with Gasteiger partial charge in [-0.25, -0.2) is 15.0 Å². The average Bonchev–Trinajstić information content (AvgIpc) is 3.23. The van der Waals surface area contributed by atoms with Crippen molar-refractivity contribution in [1.29, 1.82) is 0 Å². The maximum atomic E-state index is 13.6. The van der Waals surface area contributed by atoms with Crippen LogP contribution in [0.25, 0.3) is 34.4 Å². The van der Waals surface area contributed by atoms with Crippen molar-refractivity contribution in [1.82, 2.24) is 19.5 Å². The lowest BCUT2D eigenvalue weighted by Gasteiger charge is -2.36. The van der Waals surface area contributed by atoms with Gasteiger partial charge in [-0.3, -0.25) is 14.2 Å². The first kappa shape index (κ1) is 17.9. The summed E-state index contributed by atoms with van der Waals surface area (Å²) < 4.78 is 1.83. The summed E-state index contributed by atoms with van der Waals surface area (Å²) in [5.74, 6) is -0.290. The number of nitrogens with zero attached hydrogens (tertiary/aromatic N) is 4. The number of hydrogen-bond donors (Lipinski definition) is 0. The third-order valence-electron chi connectivity index (χ3n) is 6.57. The number of imidazole rings is 1. The Kier molecular flexibility index (Phi) is 3.49. The van der Waals surface area contributed by atoms with E-state index < -0.39 is 5.54 Å². The van der Waals surface area contributed by atoms with Crippen molar-refractivity contribution in [3.8, 4) is 11.1 Å². The number of carbonyl (C=O) groups excluding carboxylic acids is 2. The molecule has 0 fully saturated rings. The van der Waals surface area contributed by atoms with Crippen molar-refractivity contribution in [3.05, 3.63) is 76.8 Å². The molecule has 0 bridgehead atoms. The van der Waals surface area contributed by atoms with Crippen LogP contribution in [0.1, 0.15) is 29.8 Å². The van der Waals surface area contributed by atoms with Crippen LogP contribution in [-0.2, 0) is 10.3 Å². The second-order valence-corrected chi connectivity index (χ2v) is 8.28. The lowest BCUT2D eigenvalue weighted by Crippen LogP contribution is -2.52. The Morgan fingerprint density at radius 2 is 1.77 bits per heavy atom. The first-order valence-corrected chi connectivity index (χ1v) is 10.2. The summed E-state index contributed by atoms with van der Waals surface area (Å²) in [6.45, 7) is 3.81. The highest BCUT2D eigenvalue weighted by Gasteiger charge is 2.43. The van der Waals surface area contributed by atoms with Crippen LogP contribution in [0, 0.1) is 5.92 Å². The van der Waals surface area contributed by atoms with Gasteiger partial charge in [-0.2, -0.15) is 0 Å². The Balaban J connectivity index is 1.71. The number of aromatic nitrogens is 4. The fourth-order valence-corrected chi connectivity index (χ4v) is 5.02. The van der Waals surface area contributed by atoms with E-state index in [4.69, 9.17) is 0 Å². The van der Waals surface area contributed by atoms with Gasteiger partial charge in [0.05, 0.1) is 12.5 Å². The van der Waals surface area contributed by atoms with Gasteiger partial charge in [-0.1, -0.05) is 49.4 Å². The molecular weight excluding hydrogens is 388 g/mol. The number of Topliss-reactive ketones (excluding diaryl/α,β-unsaturated/α-hetero) is 2. The van der Waals surface area contributed by atoms with E-state index in [0.29, 0.717) is 16.7 Å². The Labute approximate surface area is 177 Å². The minimum absolute atomic E-state index is 0.0167. The van der Waals surface area contributed by atoms with Crippen molar-refractivity contribution < 1.29 is 9.59 Å². The molecule has 0 radical (unpaired) electrons. The molecular formula is C25H18N4O2. The zero-order chi connectivity index (χ0) is 21.3. The standard InChI is InChI=1S/C25H18N4O2/c1-14-9-19-18-10-22(30)17-6-4-3-5-15(17)16(18)7-8-20(19)25(2,23(14)31)29-13-28-21-11-26-12-27-24(21)29/h3-14H,1-2H3. The van der Waals surface area contributed by atoms with Gasteiger partial charge in [-0.15, -0.1) is 0 Å². The molecule has 0 saturated carbocycles. The maximum absolute atomic E-state index is 13.6. The molecule has 4 aromatic rings. The Hall–Kier alpha value is -3.93. The molecule has 0 saturated heterocycles. The molecule has 2 aromatic carbocycles. The summed E-state index contributed by atoms with van der Waals surface area (Å²) >= 11 is 0. The molecule has 0 spiro atoms. The van der Waals surface area contributed by atoms with E-state index in [0.717, 1.165) is 27.1 Å². The van der Waals surface area contributed by atoms with Gasteiger partial charge < -0.3 is 0 Å². The predicted octanol–water partition coefficient (Wildman–Crippen LogP) is 2.23. The summed E-state index contributed by atoms with van der Waals surface area (Å²) in [5.41, 5.74) is 3.71. The van der Waals surface area contributed by atoms with Gasteiger partial charge in [0, 0.05) is 11.5 Å². The van der Waals surface area contributed by atoms with E-state index in [9.17, 15) is 9.59 Å². The van der Waals surface area contributed by atoms with Crippen LogP contribution < -0.4 is 10.4 Å². The lowest BCUT2D eigenvalue weighted by atomic mass is 9.74. The molecule has 2 aliphatic rings. The quantitative estimate of drug-likeness (QED) is 0.485. The monoisotopic (exact) mass is 406 g/mol. The predicted molar refractivity (Wildman–Crippen MR) is 117 cm³/mol. The van der Waals surface area contributed by atoms with E-state index in [-0.39, 0.29) is 17.5 Å². The van der Waals surface area contributed by atoms with Crippen LogP contribution in [0.15, 0.2) is 55.2 Å². The van der Waals surface area contributed by atoms with E-state index in [1.165, 1.54) is 6.33 Å². The number of fused-ring (bicyclic) bond motifs is 6. The summed E-state index contributed by atoms with van der Waals surface area (Å²) in [6, 6.07) is 11.7. The molecule has 0 aliphatic heterocycles. The Morgan fingerprint density at radius 1 is 0.968 bits per heavy atom. The molecule has 2 heterocycles. The molecule has 6 rings (SSSR count). The molecule has 150 valence electrons. The van der Waals surface area contributed by atoms with Gasteiger partial charge in [0.15, 0.2) is 17.2 Å². The van der Waals surface area contributed by atoms with Crippen molar-refractivity contribution in [3.63, 3.8) is 0 Å². The molecule has 0 amide bonds. The third-order valence-corrected chi connectivity index (χ3v) is 6.57. The highest BCUT2D eigenvalue weighted by Crippen LogP contribution is 2.34. The second-order valence-electron chi connectivity index (χ2n) is 8.28. The molecule has 6 nitrogen and oxygen atoms in total. The summed E-state index contributed by atoms with van der Waals surface area (Å²) in [7, 11) is 0. The smallest absolute Gasteiger partial charge is 0.187 e. The zero-order valence-electron chi connectivity index (χ0n) is 17.0. The molecule has 31 heavy (non-hydrogen) atoms. The van der Waals surface area contributed by atoms with Crippen LogP contribution in [0.2, 0.25) is 0 Å². The van der Waals surface area contributed by atoms with Gasteiger partial charge in [0.2, 0.25) is 0 Å². The molecule has 6 heteroatoms. The molecule has 0 N–H and O–H groups in total. The number of hydrogen-bond acceptors (Lipinski definition) is 5. The second kappa shape index (κ2) is 6.04. The van der Waals surface area contributed by atoms with Crippen molar-refractivity contribution >= 4 is 34.9 Å². The number of benzene rings is 2. The Morgan fingerprint density at radius 3 is 2.61 bits per heavy atom. The molecule has 2 aliphatic carbocycles. The van der Waals surface area contributed by atoms with Crippen LogP contribution in [0.4, 0.5) is 0 Å². The zero-order valence-corrected chi connectivity index (χ0v) is 17.0. The highest BCUT2D eigenvalue weighted by atomic mass is 16.1. The first-order valence-electron chi connectivity index (χ1n) is 10.2. The van der Waals surface area contributed by atoms with Gasteiger partial charge >= 0.3 is 0 Å². The summed E-state index contributed by atoms with van der Waals surface area (Å²) in [6.07, 6.45) is 8.43. The van der Waals surface area contributed by atoms with Crippen LogP contribution in [0.3, 0.4) is 0 Å². The molecule has 2 unspecified atom stereocenters. The number of rotatable bonds is 1. The third kappa shape index (κ3) is 2.24. The first-order chi connectivity index (χ1) is 15.0. The number of carbonyl (C=O) groups is 2. The lowest BCUT2D eigenvalue weighted by molar-refractivity contribution is -0.127. The average molecular weight is 406 g/mol. The maximum Gasteiger partial charge on any atom is 0.187 e. The molecule has 2 aromatic heterocycles.